The first-order chi connectivity index (χ1) is 7.66. The lowest BCUT2D eigenvalue weighted by molar-refractivity contribution is -0.140. The van der Waals surface area contributed by atoms with Crippen molar-refractivity contribution >= 4 is 5.97 Å². The zero-order valence-corrected chi connectivity index (χ0v) is 9.34. The van der Waals surface area contributed by atoms with E-state index in [0.29, 0.717) is 12.5 Å². The van der Waals surface area contributed by atoms with Gasteiger partial charge in [0.1, 0.15) is 6.04 Å². The first-order valence-electron chi connectivity index (χ1n) is 5.63. The number of aliphatic carboxylic acids is 1. The van der Waals surface area contributed by atoms with Crippen LogP contribution in [0.1, 0.15) is 19.8 Å². The molecule has 2 unspecified atom stereocenters. The van der Waals surface area contributed by atoms with Crippen LogP contribution in [0.3, 0.4) is 0 Å². The lowest BCUT2D eigenvalue weighted by atomic mass is 10.1. The Labute approximate surface area is 94.5 Å². The fourth-order valence-electron chi connectivity index (χ4n) is 1.89. The topological polar surface area (TPSA) is 67.2 Å². The Morgan fingerprint density at radius 3 is 2.94 bits per heavy atom. The number of carbonyl (C=O) groups is 1. The number of nitrogens with one attached hydrogen (secondary N) is 1. The number of carboxylic acid groups (broad SMARTS) is 1. The molecule has 0 spiro atoms. The molecule has 0 bridgehead atoms. The van der Waals surface area contributed by atoms with Gasteiger partial charge in [-0.2, -0.15) is 5.10 Å². The van der Waals surface area contributed by atoms with Crippen LogP contribution < -0.4 is 5.32 Å². The van der Waals surface area contributed by atoms with Gasteiger partial charge in [0.15, 0.2) is 0 Å². The summed E-state index contributed by atoms with van der Waals surface area (Å²) < 4.78 is 1.81. The van der Waals surface area contributed by atoms with Crippen molar-refractivity contribution in [3.05, 3.63) is 18.5 Å². The van der Waals surface area contributed by atoms with Crippen LogP contribution in [-0.2, 0) is 11.3 Å². The van der Waals surface area contributed by atoms with Crippen molar-refractivity contribution in [1.29, 1.82) is 0 Å². The first kappa shape index (κ1) is 11.1. The fraction of sp³-hybridized carbons (Fsp3) is 0.636. The van der Waals surface area contributed by atoms with Gasteiger partial charge in [-0.3, -0.25) is 14.8 Å². The quantitative estimate of drug-likeness (QED) is 0.746. The maximum Gasteiger partial charge on any atom is 0.320 e. The van der Waals surface area contributed by atoms with Crippen LogP contribution in [0.2, 0.25) is 0 Å². The minimum Gasteiger partial charge on any atom is -0.480 e. The number of hydrogen-bond acceptors (Lipinski definition) is 3. The van der Waals surface area contributed by atoms with Gasteiger partial charge in [0.2, 0.25) is 0 Å². The Balaban J connectivity index is 1.85. The van der Waals surface area contributed by atoms with E-state index in [4.69, 9.17) is 5.11 Å². The van der Waals surface area contributed by atoms with Gasteiger partial charge in [-0.25, -0.2) is 0 Å². The number of carboxylic acids is 1. The Morgan fingerprint density at radius 2 is 2.44 bits per heavy atom. The van der Waals surface area contributed by atoms with Crippen LogP contribution in [0.25, 0.3) is 0 Å². The Morgan fingerprint density at radius 1 is 1.69 bits per heavy atom. The van der Waals surface area contributed by atoms with Crippen molar-refractivity contribution in [3.8, 4) is 0 Å². The minimum absolute atomic E-state index is 0.113. The predicted octanol–water partition coefficient (Wildman–Crippen LogP) is 0.724. The molecular formula is C11H17N3O2. The van der Waals surface area contributed by atoms with E-state index in [1.54, 1.807) is 6.20 Å². The second-order valence-corrected chi connectivity index (χ2v) is 4.45. The molecule has 88 valence electrons. The second-order valence-electron chi connectivity index (χ2n) is 4.45. The van der Waals surface area contributed by atoms with Crippen LogP contribution in [-0.4, -0.2) is 32.9 Å². The zero-order valence-electron chi connectivity index (χ0n) is 9.34. The summed E-state index contributed by atoms with van der Waals surface area (Å²) in [7, 11) is 0. The summed E-state index contributed by atoms with van der Waals surface area (Å²) in [5.74, 6) is -0.424. The molecule has 1 aromatic rings. The van der Waals surface area contributed by atoms with Crippen molar-refractivity contribution in [2.45, 2.75) is 38.4 Å². The van der Waals surface area contributed by atoms with Crippen LogP contribution in [0, 0.1) is 5.92 Å². The predicted molar refractivity (Wildman–Crippen MR) is 59.0 cm³/mol. The lowest BCUT2D eigenvalue weighted by Gasteiger charge is -2.19. The largest absolute Gasteiger partial charge is 0.480 e. The average Bonchev–Trinajstić information content (AvgIpc) is 2.94. The third-order valence-corrected chi connectivity index (χ3v) is 2.84. The Hall–Kier alpha value is -1.36. The third kappa shape index (κ3) is 2.82. The molecule has 0 aliphatic heterocycles. The summed E-state index contributed by atoms with van der Waals surface area (Å²) in [5, 5.41) is 16.3. The SMILES string of the molecule is CC(Cn1cccn1)NC(C(=O)O)C1CC1. The van der Waals surface area contributed by atoms with Gasteiger partial charge in [-0.05, 0) is 31.7 Å². The van der Waals surface area contributed by atoms with E-state index in [1.165, 1.54) is 0 Å². The number of rotatable bonds is 6. The fourth-order valence-corrected chi connectivity index (χ4v) is 1.89. The molecule has 5 heteroatoms. The van der Waals surface area contributed by atoms with Gasteiger partial charge in [-0.1, -0.05) is 0 Å². The van der Waals surface area contributed by atoms with E-state index in [-0.39, 0.29) is 6.04 Å². The van der Waals surface area contributed by atoms with Crippen molar-refractivity contribution in [1.82, 2.24) is 15.1 Å². The number of aromatic nitrogens is 2. The van der Waals surface area contributed by atoms with E-state index >= 15 is 0 Å². The Kier molecular flexibility index (Phi) is 3.24. The van der Waals surface area contributed by atoms with Gasteiger partial charge in [0, 0.05) is 18.4 Å². The maximum absolute atomic E-state index is 11.0. The summed E-state index contributed by atoms with van der Waals surface area (Å²) in [5.41, 5.74) is 0. The van der Waals surface area contributed by atoms with Crippen LogP contribution in [0.5, 0.6) is 0 Å². The van der Waals surface area contributed by atoms with E-state index < -0.39 is 12.0 Å². The smallest absolute Gasteiger partial charge is 0.320 e. The zero-order chi connectivity index (χ0) is 11.5. The van der Waals surface area contributed by atoms with Crippen LogP contribution in [0.15, 0.2) is 18.5 Å². The minimum atomic E-state index is -0.741. The molecule has 1 aliphatic carbocycles. The molecule has 0 radical (unpaired) electrons. The average molecular weight is 223 g/mol. The van der Waals surface area contributed by atoms with Crippen molar-refractivity contribution in [3.63, 3.8) is 0 Å². The molecule has 5 nitrogen and oxygen atoms in total. The Bertz CT molecular complexity index is 346. The highest BCUT2D eigenvalue weighted by atomic mass is 16.4. The molecule has 1 fully saturated rings. The van der Waals surface area contributed by atoms with E-state index in [9.17, 15) is 4.79 Å². The molecule has 2 rings (SSSR count). The highest BCUT2D eigenvalue weighted by Gasteiger charge is 2.36. The van der Waals surface area contributed by atoms with Crippen molar-refractivity contribution in [2.75, 3.05) is 0 Å². The molecule has 2 N–H and O–H groups in total. The molecule has 16 heavy (non-hydrogen) atoms. The maximum atomic E-state index is 11.0. The van der Waals surface area contributed by atoms with Crippen molar-refractivity contribution in [2.24, 2.45) is 5.92 Å². The third-order valence-electron chi connectivity index (χ3n) is 2.84. The summed E-state index contributed by atoms with van der Waals surface area (Å²) >= 11 is 0. The summed E-state index contributed by atoms with van der Waals surface area (Å²) in [6.45, 7) is 2.68. The van der Waals surface area contributed by atoms with Gasteiger partial charge < -0.3 is 5.11 Å². The first-order valence-corrected chi connectivity index (χ1v) is 5.63. The molecule has 0 saturated heterocycles. The standard InChI is InChI=1S/C11H17N3O2/c1-8(7-14-6-2-5-12-14)13-10(11(15)16)9-3-4-9/h2,5-6,8-10,13H,3-4,7H2,1H3,(H,15,16). The summed E-state index contributed by atoms with van der Waals surface area (Å²) in [6, 6.07) is 1.58. The molecule has 1 aromatic heterocycles. The second kappa shape index (κ2) is 4.65. The molecular weight excluding hydrogens is 206 g/mol. The molecule has 0 aromatic carbocycles. The number of nitrogens with zero attached hydrogens (tertiary/aromatic N) is 2. The molecule has 2 atom stereocenters. The monoisotopic (exact) mass is 223 g/mol. The van der Waals surface area contributed by atoms with Crippen LogP contribution >= 0.6 is 0 Å². The van der Waals surface area contributed by atoms with Crippen LogP contribution in [0.4, 0.5) is 0 Å². The summed E-state index contributed by atoms with van der Waals surface area (Å²) in [4.78, 5) is 11.0. The van der Waals surface area contributed by atoms with E-state index in [2.05, 4.69) is 10.4 Å². The molecule has 1 saturated carbocycles. The van der Waals surface area contributed by atoms with Gasteiger partial charge in [-0.15, -0.1) is 0 Å². The molecule has 1 heterocycles. The van der Waals surface area contributed by atoms with Crippen molar-refractivity contribution < 1.29 is 9.90 Å². The molecule has 1 aliphatic rings. The number of hydrogen-bond donors (Lipinski definition) is 2. The van der Waals surface area contributed by atoms with Gasteiger partial charge in [0.05, 0.1) is 6.54 Å². The van der Waals surface area contributed by atoms with E-state index in [0.717, 1.165) is 12.8 Å². The van der Waals surface area contributed by atoms with Gasteiger partial charge >= 0.3 is 5.97 Å². The summed E-state index contributed by atoms with van der Waals surface area (Å²) in [6.07, 6.45) is 5.66. The normalized spacial score (nSPS) is 19.3. The van der Waals surface area contributed by atoms with Gasteiger partial charge in [0.25, 0.3) is 0 Å². The lowest BCUT2D eigenvalue weighted by Crippen LogP contribution is -2.45. The highest BCUT2D eigenvalue weighted by molar-refractivity contribution is 5.74. The van der Waals surface area contributed by atoms with E-state index in [1.807, 2.05) is 23.9 Å². The molecule has 0 amide bonds. The highest BCUT2D eigenvalue weighted by Crippen LogP contribution is 2.32.